The third kappa shape index (κ3) is 5.90. The van der Waals surface area contributed by atoms with Crippen LogP contribution in [0.2, 0.25) is 20.1 Å². The number of carbonyl (C=O) groups excluding carboxylic acids is 1. The fourth-order valence-electron chi connectivity index (χ4n) is 2.24. The minimum absolute atomic E-state index is 0.262. The molecule has 1 aromatic heterocycles. The second-order valence-electron chi connectivity index (χ2n) is 5.55. The highest BCUT2D eigenvalue weighted by Gasteiger charge is 2.16. The van der Waals surface area contributed by atoms with Crippen LogP contribution in [-0.2, 0) is 5.75 Å². The average Bonchev–Trinajstić information content (AvgIpc) is 3.11. The van der Waals surface area contributed by atoms with E-state index in [2.05, 4.69) is 15.5 Å². The molecule has 3 rings (SSSR count). The summed E-state index contributed by atoms with van der Waals surface area (Å²) in [5, 5.41) is 12.8. The lowest BCUT2D eigenvalue weighted by Gasteiger charge is -2.09. The maximum atomic E-state index is 12.5. The Morgan fingerprint density at radius 2 is 1.83 bits per heavy atom. The number of aromatic nitrogens is 2. The van der Waals surface area contributed by atoms with Crippen molar-refractivity contribution in [2.24, 2.45) is 0 Å². The predicted molar refractivity (Wildman–Crippen MR) is 122 cm³/mol. The summed E-state index contributed by atoms with van der Waals surface area (Å²) >= 11 is 27.1. The number of rotatable bonds is 7. The van der Waals surface area contributed by atoms with E-state index >= 15 is 0 Å². The third-order valence-corrected chi connectivity index (χ3v) is 6.71. The van der Waals surface area contributed by atoms with Gasteiger partial charge < -0.3 is 4.74 Å². The summed E-state index contributed by atoms with van der Waals surface area (Å²) in [4.78, 5) is 12.5. The van der Waals surface area contributed by atoms with Crippen molar-refractivity contribution >= 4 is 80.5 Å². The number of ether oxygens (including phenoxy) is 1. The van der Waals surface area contributed by atoms with E-state index in [4.69, 9.17) is 51.1 Å². The van der Waals surface area contributed by atoms with Gasteiger partial charge in [-0.25, -0.2) is 0 Å². The van der Waals surface area contributed by atoms with Gasteiger partial charge in [0.15, 0.2) is 10.1 Å². The Kier molecular flexibility index (Phi) is 7.90. The lowest BCUT2D eigenvalue weighted by Crippen LogP contribution is -2.12. The van der Waals surface area contributed by atoms with Crippen LogP contribution in [0.3, 0.4) is 0 Å². The van der Waals surface area contributed by atoms with Crippen LogP contribution in [0.4, 0.5) is 5.13 Å². The second kappa shape index (κ2) is 10.2. The van der Waals surface area contributed by atoms with Crippen molar-refractivity contribution in [1.82, 2.24) is 10.2 Å². The fourth-order valence-corrected chi connectivity index (χ4v) is 5.14. The number of hydrogen-bond acceptors (Lipinski definition) is 6. The smallest absolute Gasteiger partial charge is 0.257 e. The van der Waals surface area contributed by atoms with Gasteiger partial charge in [0.05, 0.1) is 16.7 Å². The predicted octanol–water partition coefficient (Wildman–Crippen LogP) is 7.10. The number of anilines is 1. The maximum absolute atomic E-state index is 12.5. The van der Waals surface area contributed by atoms with Crippen LogP contribution in [-0.4, -0.2) is 22.7 Å². The molecule has 0 unspecified atom stereocenters. The fraction of sp³-hybridized carbons (Fsp3) is 0.167. The molecule has 0 radical (unpaired) electrons. The standard InChI is InChI=1S/C18H13Cl4N3O2S2/c1-2-27-15-13(21)5-10(6-14(15)22)16(26)23-17-24-25-18(29-17)28-8-9-3-4-11(19)7-12(9)20/h3-7H,2,8H2,1H3,(H,23,24,26). The minimum atomic E-state index is -0.398. The van der Waals surface area contributed by atoms with Gasteiger partial charge in [0.25, 0.3) is 5.91 Å². The normalized spacial score (nSPS) is 10.8. The molecule has 0 fully saturated rings. The first kappa shape index (κ1) is 22.5. The molecular formula is C18H13Cl4N3O2S2. The molecule has 0 bridgehead atoms. The summed E-state index contributed by atoms with van der Waals surface area (Å²) < 4.78 is 6.06. The van der Waals surface area contributed by atoms with E-state index in [-0.39, 0.29) is 10.0 Å². The molecule has 29 heavy (non-hydrogen) atoms. The summed E-state index contributed by atoms with van der Waals surface area (Å²) in [5.74, 6) is 0.552. The Morgan fingerprint density at radius 3 is 2.48 bits per heavy atom. The molecular weight excluding hydrogens is 496 g/mol. The van der Waals surface area contributed by atoms with Gasteiger partial charge in [0.1, 0.15) is 0 Å². The van der Waals surface area contributed by atoms with E-state index in [0.717, 1.165) is 5.56 Å². The Morgan fingerprint density at radius 1 is 1.10 bits per heavy atom. The molecule has 1 N–H and O–H groups in total. The summed E-state index contributed by atoms with van der Waals surface area (Å²) in [6.45, 7) is 2.23. The molecule has 1 amide bonds. The van der Waals surface area contributed by atoms with E-state index < -0.39 is 5.91 Å². The Bertz CT molecular complexity index is 1020. The number of halogens is 4. The highest BCUT2D eigenvalue weighted by Crippen LogP contribution is 2.35. The van der Waals surface area contributed by atoms with Gasteiger partial charge in [0.2, 0.25) is 5.13 Å². The highest BCUT2D eigenvalue weighted by molar-refractivity contribution is 8.00. The first-order valence-corrected chi connectivity index (χ1v) is 11.5. The Hall–Kier alpha value is -1.22. The molecule has 0 saturated heterocycles. The van der Waals surface area contributed by atoms with E-state index in [1.165, 1.54) is 35.2 Å². The van der Waals surface area contributed by atoms with E-state index in [1.807, 2.05) is 13.0 Å². The molecule has 2 aromatic carbocycles. The maximum Gasteiger partial charge on any atom is 0.257 e. The molecule has 5 nitrogen and oxygen atoms in total. The number of thioether (sulfide) groups is 1. The monoisotopic (exact) mass is 507 g/mol. The number of carbonyl (C=O) groups is 1. The van der Waals surface area contributed by atoms with Crippen molar-refractivity contribution in [2.45, 2.75) is 17.0 Å². The van der Waals surface area contributed by atoms with Crippen LogP contribution in [0.15, 0.2) is 34.7 Å². The zero-order chi connectivity index (χ0) is 21.0. The average molecular weight is 509 g/mol. The largest absolute Gasteiger partial charge is 0.491 e. The molecule has 0 aliphatic rings. The first-order valence-electron chi connectivity index (χ1n) is 8.20. The zero-order valence-corrected chi connectivity index (χ0v) is 19.5. The lowest BCUT2D eigenvalue weighted by molar-refractivity contribution is 0.102. The molecule has 152 valence electrons. The molecule has 0 aliphatic heterocycles. The van der Waals surface area contributed by atoms with Gasteiger partial charge >= 0.3 is 0 Å². The topological polar surface area (TPSA) is 64.1 Å². The van der Waals surface area contributed by atoms with Crippen LogP contribution in [0.1, 0.15) is 22.8 Å². The molecule has 0 spiro atoms. The van der Waals surface area contributed by atoms with Crippen LogP contribution in [0.5, 0.6) is 5.75 Å². The summed E-state index contributed by atoms with van der Waals surface area (Å²) in [6.07, 6.45) is 0. The minimum Gasteiger partial charge on any atom is -0.491 e. The number of benzene rings is 2. The van der Waals surface area contributed by atoms with Crippen molar-refractivity contribution in [3.8, 4) is 5.75 Å². The zero-order valence-electron chi connectivity index (χ0n) is 14.8. The summed E-state index contributed by atoms with van der Waals surface area (Å²) in [6, 6.07) is 8.32. The molecule has 0 saturated carbocycles. The van der Waals surface area contributed by atoms with E-state index in [0.29, 0.717) is 43.2 Å². The Labute approximate surface area is 195 Å². The molecule has 0 aliphatic carbocycles. The summed E-state index contributed by atoms with van der Waals surface area (Å²) in [7, 11) is 0. The Balaban J connectivity index is 1.64. The number of hydrogen-bond donors (Lipinski definition) is 1. The SMILES string of the molecule is CCOc1c(Cl)cc(C(=O)Nc2nnc(SCc3ccc(Cl)cc3Cl)s2)cc1Cl. The van der Waals surface area contributed by atoms with Gasteiger partial charge in [-0.05, 0) is 36.8 Å². The van der Waals surface area contributed by atoms with Crippen LogP contribution >= 0.6 is 69.5 Å². The molecule has 0 atom stereocenters. The first-order chi connectivity index (χ1) is 13.9. The number of nitrogens with zero attached hydrogens (tertiary/aromatic N) is 2. The van der Waals surface area contributed by atoms with Crippen molar-refractivity contribution in [1.29, 1.82) is 0 Å². The van der Waals surface area contributed by atoms with E-state index in [9.17, 15) is 4.79 Å². The van der Waals surface area contributed by atoms with Crippen molar-refractivity contribution in [3.63, 3.8) is 0 Å². The molecule has 11 heteroatoms. The molecule has 1 heterocycles. The summed E-state index contributed by atoms with van der Waals surface area (Å²) in [5.41, 5.74) is 1.22. The van der Waals surface area contributed by atoms with Crippen LogP contribution in [0, 0.1) is 0 Å². The quantitative estimate of drug-likeness (QED) is 0.272. The van der Waals surface area contributed by atoms with E-state index in [1.54, 1.807) is 12.1 Å². The number of nitrogens with one attached hydrogen (secondary N) is 1. The van der Waals surface area contributed by atoms with Crippen molar-refractivity contribution < 1.29 is 9.53 Å². The lowest BCUT2D eigenvalue weighted by atomic mass is 10.2. The third-order valence-electron chi connectivity index (χ3n) is 3.54. The van der Waals surface area contributed by atoms with Gasteiger partial charge in [-0.15, -0.1) is 10.2 Å². The second-order valence-corrected chi connectivity index (χ2v) is 9.41. The van der Waals surface area contributed by atoms with Gasteiger partial charge in [-0.1, -0.05) is 75.6 Å². The van der Waals surface area contributed by atoms with Crippen molar-refractivity contribution in [2.75, 3.05) is 11.9 Å². The van der Waals surface area contributed by atoms with Gasteiger partial charge in [-0.2, -0.15) is 0 Å². The van der Waals surface area contributed by atoms with Gasteiger partial charge in [0, 0.05) is 21.4 Å². The molecule has 3 aromatic rings. The van der Waals surface area contributed by atoms with Crippen LogP contribution in [0.25, 0.3) is 0 Å². The van der Waals surface area contributed by atoms with Crippen LogP contribution < -0.4 is 10.1 Å². The van der Waals surface area contributed by atoms with Crippen molar-refractivity contribution in [3.05, 3.63) is 61.5 Å². The number of amides is 1. The highest BCUT2D eigenvalue weighted by atomic mass is 35.5. The van der Waals surface area contributed by atoms with Gasteiger partial charge in [-0.3, -0.25) is 10.1 Å².